The first-order valence-electron chi connectivity index (χ1n) is 9.81. The van der Waals surface area contributed by atoms with Crippen LogP contribution in [0.25, 0.3) is 11.0 Å². The second kappa shape index (κ2) is 8.05. The highest BCUT2D eigenvalue weighted by Gasteiger charge is 2.26. The lowest BCUT2D eigenvalue weighted by molar-refractivity contribution is 0.570. The zero-order valence-electron chi connectivity index (χ0n) is 16.4. The van der Waals surface area contributed by atoms with Crippen LogP contribution in [0.4, 0.5) is 5.82 Å². The lowest BCUT2D eigenvalue weighted by Gasteiger charge is -2.12. The van der Waals surface area contributed by atoms with Crippen LogP contribution in [0.1, 0.15) is 42.8 Å². The van der Waals surface area contributed by atoms with E-state index in [0.29, 0.717) is 16.7 Å². The molecule has 1 aliphatic carbocycles. The Balaban J connectivity index is 1.50. The summed E-state index contributed by atoms with van der Waals surface area (Å²) >= 11 is -1.15. The first-order valence-corrected chi connectivity index (χ1v) is 11.1. The van der Waals surface area contributed by atoms with E-state index in [9.17, 15) is 4.55 Å². The summed E-state index contributed by atoms with van der Waals surface area (Å²) in [6, 6.07) is 1.73. The van der Waals surface area contributed by atoms with Crippen molar-refractivity contribution in [2.24, 2.45) is 5.92 Å². The minimum Gasteiger partial charge on any atom is -0.609 e. The molecule has 1 atom stereocenters. The zero-order valence-corrected chi connectivity index (χ0v) is 17.2. The summed E-state index contributed by atoms with van der Waals surface area (Å²) in [5.74, 6) is 2.92. The molecule has 3 aromatic heterocycles. The van der Waals surface area contributed by atoms with Gasteiger partial charge < -0.3 is 14.9 Å². The van der Waals surface area contributed by atoms with Crippen LogP contribution in [0.15, 0.2) is 23.6 Å². The van der Waals surface area contributed by atoms with E-state index < -0.39 is 11.2 Å². The van der Waals surface area contributed by atoms with Crippen LogP contribution in [-0.4, -0.2) is 34.8 Å². The van der Waals surface area contributed by atoms with Crippen molar-refractivity contribution >= 4 is 28.0 Å². The predicted octanol–water partition coefficient (Wildman–Crippen LogP) is 2.96. The molecular weight excluding hydrogens is 372 g/mol. The highest BCUT2D eigenvalue weighted by atomic mass is 32.2. The summed E-state index contributed by atoms with van der Waals surface area (Å²) in [6.45, 7) is 4.92. The second-order valence-electron chi connectivity index (χ2n) is 7.52. The van der Waals surface area contributed by atoms with E-state index in [1.54, 1.807) is 18.5 Å². The smallest absolute Gasteiger partial charge is 0.342 e. The molecular formula is C20H26N6OS. The van der Waals surface area contributed by atoms with Gasteiger partial charge in [0.1, 0.15) is 17.1 Å². The van der Waals surface area contributed by atoms with Gasteiger partial charge in [0.05, 0.1) is 5.52 Å². The minimum atomic E-state index is -1.15. The van der Waals surface area contributed by atoms with E-state index in [4.69, 9.17) is 10.7 Å². The maximum absolute atomic E-state index is 12.3. The SMILES string of the molecule is Cc1nc(N)c2nc(CC3CC3)n(CCCC[S+]([O-])c3ncccn3)c2c1C. The van der Waals surface area contributed by atoms with Crippen molar-refractivity contribution in [3.05, 3.63) is 35.5 Å². The van der Waals surface area contributed by atoms with Gasteiger partial charge in [-0.2, -0.15) is 9.97 Å². The number of hydrogen-bond donors (Lipinski definition) is 1. The number of aryl methyl sites for hydroxylation is 3. The molecule has 148 valence electrons. The van der Waals surface area contributed by atoms with Crippen molar-refractivity contribution in [1.29, 1.82) is 0 Å². The maximum atomic E-state index is 12.3. The van der Waals surface area contributed by atoms with E-state index >= 15 is 0 Å². The molecule has 3 heterocycles. The quantitative estimate of drug-likeness (QED) is 0.355. The number of nitrogens with two attached hydrogens (primary N) is 1. The summed E-state index contributed by atoms with van der Waals surface area (Å²) < 4.78 is 14.6. The largest absolute Gasteiger partial charge is 0.609 e. The third-order valence-corrected chi connectivity index (χ3v) is 6.63. The van der Waals surface area contributed by atoms with Gasteiger partial charge in [0.15, 0.2) is 5.82 Å². The number of rotatable bonds is 8. The number of pyridine rings is 1. The first kappa shape index (κ1) is 19.1. The van der Waals surface area contributed by atoms with Gasteiger partial charge in [-0.1, -0.05) is 0 Å². The first-order chi connectivity index (χ1) is 13.5. The van der Waals surface area contributed by atoms with Crippen molar-refractivity contribution < 1.29 is 4.55 Å². The van der Waals surface area contributed by atoms with Crippen molar-refractivity contribution in [2.75, 3.05) is 11.5 Å². The van der Waals surface area contributed by atoms with Crippen molar-refractivity contribution in [3.63, 3.8) is 0 Å². The van der Waals surface area contributed by atoms with Gasteiger partial charge >= 0.3 is 5.16 Å². The lowest BCUT2D eigenvalue weighted by atomic mass is 10.2. The number of unbranched alkanes of at least 4 members (excludes halogenated alkanes) is 1. The van der Waals surface area contributed by atoms with Crippen LogP contribution < -0.4 is 5.73 Å². The van der Waals surface area contributed by atoms with Gasteiger partial charge in [-0.05, 0) is 57.1 Å². The number of hydrogen-bond acceptors (Lipinski definition) is 6. The van der Waals surface area contributed by atoms with Crippen molar-refractivity contribution in [3.8, 4) is 0 Å². The molecule has 4 rings (SSSR count). The molecule has 1 unspecified atom stereocenters. The fourth-order valence-electron chi connectivity index (χ4n) is 3.52. The second-order valence-corrected chi connectivity index (χ2v) is 8.98. The Morgan fingerprint density at radius 2 is 1.93 bits per heavy atom. The van der Waals surface area contributed by atoms with Gasteiger partial charge in [-0.15, -0.1) is 0 Å². The molecule has 8 heteroatoms. The monoisotopic (exact) mass is 398 g/mol. The minimum absolute atomic E-state index is 0.412. The number of aromatic nitrogens is 5. The fraction of sp³-hybridized carbons (Fsp3) is 0.500. The maximum Gasteiger partial charge on any atom is 0.342 e. The number of fused-ring (bicyclic) bond motifs is 1. The summed E-state index contributed by atoms with van der Waals surface area (Å²) in [5.41, 5.74) is 10.2. The Kier molecular flexibility index (Phi) is 5.50. The molecule has 0 amide bonds. The molecule has 0 aliphatic heterocycles. The standard InChI is InChI=1S/C20H26N6OS/c1-13-14(2)24-19(21)17-18(13)26(16(25-17)12-15-6-7-15)10-3-4-11-28(27)20-22-8-5-9-23-20/h5,8-9,15H,3-4,6-7,10-12H2,1-2H3,(H2,21,24). The number of nitrogen functional groups attached to an aromatic ring is 1. The third-order valence-electron chi connectivity index (χ3n) is 5.35. The van der Waals surface area contributed by atoms with Gasteiger partial charge in [0, 0.05) is 42.2 Å². The van der Waals surface area contributed by atoms with Gasteiger partial charge in [-0.25, -0.2) is 9.97 Å². The summed E-state index contributed by atoms with van der Waals surface area (Å²) in [7, 11) is 0. The Labute approximate surface area is 168 Å². The fourth-order valence-corrected chi connectivity index (χ4v) is 4.53. The molecule has 0 radical (unpaired) electrons. The average Bonchev–Trinajstić information content (AvgIpc) is 3.44. The molecule has 0 aromatic carbocycles. The Morgan fingerprint density at radius 3 is 2.64 bits per heavy atom. The van der Waals surface area contributed by atoms with Crippen LogP contribution in [0.2, 0.25) is 0 Å². The Bertz CT molecular complexity index is 970. The van der Waals surface area contributed by atoms with Crippen LogP contribution in [0.3, 0.4) is 0 Å². The highest BCUT2D eigenvalue weighted by Crippen LogP contribution is 2.34. The third kappa shape index (κ3) is 3.98. The summed E-state index contributed by atoms with van der Waals surface area (Å²) in [6.07, 6.45) is 8.58. The van der Waals surface area contributed by atoms with E-state index in [0.717, 1.165) is 59.8 Å². The predicted molar refractivity (Wildman–Crippen MR) is 110 cm³/mol. The molecule has 28 heavy (non-hydrogen) atoms. The summed E-state index contributed by atoms with van der Waals surface area (Å²) in [5, 5.41) is 0.412. The molecule has 1 saturated carbocycles. The molecule has 0 spiro atoms. The average molecular weight is 399 g/mol. The molecule has 0 saturated heterocycles. The molecule has 2 N–H and O–H groups in total. The molecule has 7 nitrogen and oxygen atoms in total. The van der Waals surface area contributed by atoms with Gasteiger partial charge in [-0.3, -0.25) is 0 Å². The molecule has 3 aromatic rings. The Morgan fingerprint density at radius 1 is 1.18 bits per heavy atom. The van der Waals surface area contributed by atoms with E-state index in [1.165, 1.54) is 12.8 Å². The lowest BCUT2D eigenvalue weighted by Crippen LogP contribution is -2.12. The van der Waals surface area contributed by atoms with Crippen LogP contribution in [-0.2, 0) is 24.1 Å². The van der Waals surface area contributed by atoms with Crippen molar-refractivity contribution in [1.82, 2.24) is 24.5 Å². The van der Waals surface area contributed by atoms with Crippen molar-refractivity contribution in [2.45, 2.75) is 57.7 Å². The van der Waals surface area contributed by atoms with E-state index in [2.05, 4.69) is 26.4 Å². The molecule has 1 aliphatic rings. The molecule has 1 fully saturated rings. The van der Waals surface area contributed by atoms with Crippen LogP contribution in [0, 0.1) is 19.8 Å². The summed E-state index contributed by atoms with van der Waals surface area (Å²) in [4.78, 5) is 17.5. The van der Waals surface area contributed by atoms with E-state index in [1.807, 2.05) is 6.92 Å². The normalized spacial score (nSPS) is 15.2. The topological polar surface area (TPSA) is 106 Å². The van der Waals surface area contributed by atoms with Crippen LogP contribution >= 0.6 is 0 Å². The van der Waals surface area contributed by atoms with Crippen LogP contribution in [0.5, 0.6) is 0 Å². The molecule has 0 bridgehead atoms. The number of anilines is 1. The number of imidazole rings is 1. The Hall–Kier alpha value is -2.19. The van der Waals surface area contributed by atoms with Gasteiger partial charge in [0.2, 0.25) is 0 Å². The highest BCUT2D eigenvalue weighted by molar-refractivity contribution is 7.91. The van der Waals surface area contributed by atoms with E-state index in [-0.39, 0.29) is 0 Å². The van der Waals surface area contributed by atoms with Gasteiger partial charge in [0.25, 0.3) is 0 Å². The zero-order chi connectivity index (χ0) is 19.7. The number of nitrogens with zero attached hydrogens (tertiary/aromatic N) is 5.